The Hall–Kier alpha value is -1.10. The van der Waals surface area contributed by atoms with Crippen molar-refractivity contribution in [2.75, 3.05) is 26.9 Å². The van der Waals surface area contributed by atoms with Crippen LogP contribution in [0.1, 0.15) is 27.2 Å². The van der Waals surface area contributed by atoms with Gasteiger partial charge in [0, 0.05) is 20.3 Å². The van der Waals surface area contributed by atoms with Crippen molar-refractivity contribution >= 4 is 11.9 Å². The molecule has 0 rings (SSSR count). The fourth-order valence-corrected chi connectivity index (χ4v) is 1.06. The van der Waals surface area contributed by atoms with Gasteiger partial charge in [-0.05, 0) is 18.8 Å². The average molecular weight is 231 g/mol. The number of nitrogens with one attached hydrogen (secondary N) is 1. The van der Waals surface area contributed by atoms with E-state index in [0.29, 0.717) is 13.2 Å². The predicted octanol–water partition coefficient (Wildman–Crippen LogP) is 0.728. The summed E-state index contributed by atoms with van der Waals surface area (Å²) < 4.78 is 9.54. The number of rotatable bonds is 6. The molecule has 5 nitrogen and oxygen atoms in total. The summed E-state index contributed by atoms with van der Waals surface area (Å²) in [6.45, 7) is 6.91. The number of amides is 1. The molecule has 0 aliphatic rings. The van der Waals surface area contributed by atoms with Crippen LogP contribution in [0, 0.1) is 5.41 Å². The average Bonchev–Trinajstić information content (AvgIpc) is 2.23. The SMILES string of the molecule is CCOC(=O)C(=O)NCC(C)(C)CCOC. The van der Waals surface area contributed by atoms with Crippen LogP contribution in [0.2, 0.25) is 0 Å². The molecule has 0 atom stereocenters. The minimum atomic E-state index is -0.829. The van der Waals surface area contributed by atoms with Gasteiger partial charge in [0.2, 0.25) is 0 Å². The molecule has 0 fully saturated rings. The lowest BCUT2D eigenvalue weighted by Gasteiger charge is -2.24. The third-order valence-corrected chi connectivity index (χ3v) is 2.17. The summed E-state index contributed by atoms with van der Waals surface area (Å²) in [4.78, 5) is 22.3. The minimum absolute atomic E-state index is 0.0990. The molecule has 1 amide bonds. The first kappa shape index (κ1) is 14.9. The molecule has 16 heavy (non-hydrogen) atoms. The summed E-state index contributed by atoms with van der Waals surface area (Å²) in [5, 5.41) is 2.55. The Balaban J connectivity index is 3.94. The van der Waals surface area contributed by atoms with Gasteiger partial charge in [0.05, 0.1) is 6.61 Å². The Morgan fingerprint density at radius 1 is 1.31 bits per heavy atom. The third-order valence-electron chi connectivity index (χ3n) is 2.17. The summed E-state index contributed by atoms with van der Waals surface area (Å²) in [7, 11) is 1.63. The van der Waals surface area contributed by atoms with Gasteiger partial charge >= 0.3 is 11.9 Å². The van der Waals surface area contributed by atoms with Crippen molar-refractivity contribution in [1.82, 2.24) is 5.32 Å². The highest BCUT2D eigenvalue weighted by atomic mass is 16.5. The Bertz CT molecular complexity index is 238. The van der Waals surface area contributed by atoms with Crippen LogP contribution in [0.4, 0.5) is 0 Å². The molecule has 0 saturated heterocycles. The van der Waals surface area contributed by atoms with E-state index in [-0.39, 0.29) is 12.0 Å². The van der Waals surface area contributed by atoms with E-state index in [2.05, 4.69) is 10.1 Å². The molecule has 0 saturated carbocycles. The van der Waals surface area contributed by atoms with Crippen LogP contribution in [-0.4, -0.2) is 38.7 Å². The number of ether oxygens (including phenoxy) is 2. The zero-order chi connectivity index (χ0) is 12.6. The van der Waals surface area contributed by atoms with Crippen molar-refractivity contribution in [3.63, 3.8) is 0 Å². The van der Waals surface area contributed by atoms with Crippen LogP contribution in [0.5, 0.6) is 0 Å². The second-order valence-corrected chi connectivity index (χ2v) is 4.31. The largest absolute Gasteiger partial charge is 0.459 e. The fourth-order valence-electron chi connectivity index (χ4n) is 1.06. The Kier molecular flexibility index (Phi) is 6.72. The van der Waals surface area contributed by atoms with E-state index in [9.17, 15) is 9.59 Å². The van der Waals surface area contributed by atoms with E-state index >= 15 is 0 Å². The molecular weight excluding hydrogens is 210 g/mol. The predicted molar refractivity (Wildman–Crippen MR) is 59.9 cm³/mol. The molecule has 0 spiro atoms. The van der Waals surface area contributed by atoms with Crippen molar-refractivity contribution in [3.05, 3.63) is 0 Å². The summed E-state index contributed by atoms with van der Waals surface area (Å²) in [5.41, 5.74) is -0.0990. The van der Waals surface area contributed by atoms with Gasteiger partial charge in [-0.15, -0.1) is 0 Å². The number of carbonyl (C=O) groups excluding carboxylic acids is 2. The molecule has 0 aromatic heterocycles. The van der Waals surface area contributed by atoms with E-state index in [1.165, 1.54) is 0 Å². The fraction of sp³-hybridized carbons (Fsp3) is 0.818. The van der Waals surface area contributed by atoms with Gasteiger partial charge in [0.25, 0.3) is 0 Å². The lowest BCUT2D eigenvalue weighted by atomic mass is 9.90. The van der Waals surface area contributed by atoms with Crippen molar-refractivity contribution in [2.24, 2.45) is 5.41 Å². The zero-order valence-electron chi connectivity index (χ0n) is 10.5. The molecule has 0 aliphatic heterocycles. The summed E-state index contributed by atoms with van der Waals surface area (Å²) >= 11 is 0. The van der Waals surface area contributed by atoms with E-state index in [1.54, 1.807) is 14.0 Å². The number of esters is 1. The lowest BCUT2D eigenvalue weighted by molar-refractivity contribution is -0.154. The van der Waals surface area contributed by atoms with Crippen LogP contribution < -0.4 is 5.32 Å². The van der Waals surface area contributed by atoms with Gasteiger partial charge in [-0.2, -0.15) is 0 Å². The van der Waals surface area contributed by atoms with Crippen LogP contribution in [0.25, 0.3) is 0 Å². The molecule has 0 unspecified atom stereocenters. The van der Waals surface area contributed by atoms with E-state index < -0.39 is 11.9 Å². The second kappa shape index (κ2) is 7.22. The molecule has 0 aromatic carbocycles. The first-order valence-electron chi connectivity index (χ1n) is 5.37. The lowest BCUT2D eigenvalue weighted by Crippen LogP contribution is -2.39. The van der Waals surface area contributed by atoms with Crippen molar-refractivity contribution < 1.29 is 19.1 Å². The highest BCUT2D eigenvalue weighted by Crippen LogP contribution is 2.18. The Morgan fingerprint density at radius 2 is 1.94 bits per heavy atom. The van der Waals surface area contributed by atoms with Crippen LogP contribution in [-0.2, 0) is 19.1 Å². The maximum absolute atomic E-state index is 11.2. The minimum Gasteiger partial charge on any atom is -0.459 e. The number of carbonyl (C=O) groups is 2. The zero-order valence-corrected chi connectivity index (χ0v) is 10.5. The molecule has 0 bridgehead atoms. The van der Waals surface area contributed by atoms with Gasteiger partial charge in [-0.1, -0.05) is 13.8 Å². The Morgan fingerprint density at radius 3 is 2.44 bits per heavy atom. The van der Waals surface area contributed by atoms with Crippen LogP contribution in [0.15, 0.2) is 0 Å². The summed E-state index contributed by atoms with van der Waals surface area (Å²) in [5.74, 6) is -1.52. The van der Waals surface area contributed by atoms with Gasteiger partial charge in [-0.3, -0.25) is 4.79 Å². The first-order valence-corrected chi connectivity index (χ1v) is 5.37. The molecule has 0 aromatic rings. The smallest absolute Gasteiger partial charge is 0.396 e. The normalized spacial score (nSPS) is 11.0. The first-order chi connectivity index (χ1) is 7.43. The molecule has 94 valence electrons. The molecule has 0 heterocycles. The van der Waals surface area contributed by atoms with Crippen molar-refractivity contribution in [3.8, 4) is 0 Å². The topological polar surface area (TPSA) is 64.6 Å². The molecule has 1 N–H and O–H groups in total. The molecular formula is C11H21NO4. The van der Waals surface area contributed by atoms with Gasteiger partial charge in [0.1, 0.15) is 0 Å². The van der Waals surface area contributed by atoms with Gasteiger partial charge in [0.15, 0.2) is 0 Å². The maximum Gasteiger partial charge on any atom is 0.396 e. The van der Waals surface area contributed by atoms with Crippen LogP contribution in [0.3, 0.4) is 0 Å². The number of hydrogen-bond acceptors (Lipinski definition) is 4. The van der Waals surface area contributed by atoms with Gasteiger partial charge < -0.3 is 14.8 Å². The van der Waals surface area contributed by atoms with E-state index in [0.717, 1.165) is 6.42 Å². The second-order valence-electron chi connectivity index (χ2n) is 4.31. The standard InChI is InChI=1S/C11H21NO4/c1-5-16-10(14)9(13)12-8-11(2,3)6-7-15-4/h5-8H2,1-4H3,(H,12,13). The summed E-state index contributed by atoms with van der Waals surface area (Å²) in [6.07, 6.45) is 0.812. The molecule has 0 radical (unpaired) electrons. The number of methoxy groups -OCH3 is 1. The Labute approximate surface area is 96.5 Å². The maximum atomic E-state index is 11.2. The van der Waals surface area contributed by atoms with Crippen molar-refractivity contribution in [2.45, 2.75) is 27.2 Å². The molecule has 5 heteroatoms. The van der Waals surface area contributed by atoms with Crippen LogP contribution >= 0.6 is 0 Å². The quantitative estimate of drug-likeness (QED) is 0.540. The van der Waals surface area contributed by atoms with Crippen molar-refractivity contribution in [1.29, 1.82) is 0 Å². The summed E-state index contributed by atoms with van der Waals surface area (Å²) in [6, 6.07) is 0. The van der Waals surface area contributed by atoms with Gasteiger partial charge in [-0.25, -0.2) is 4.79 Å². The highest BCUT2D eigenvalue weighted by Gasteiger charge is 2.21. The number of hydrogen-bond donors (Lipinski definition) is 1. The van der Waals surface area contributed by atoms with E-state index in [4.69, 9.17) is 4.74 Å². The highest BCUT2D eigenvalue weighted by molar-refractivity contribution is 6.32. The van der Waals surface area contributed by atoms with E-state index in [1.807, 2.05) is 13.8 Å². The third kappa shape index (κ3) is 6.40. The molecule has 0 aliphatic carbocycles. The monoisotopic (exact) mass is 231 g/mol.